The molecule has 13 heteroatoms. The number of rotatable bonds is 9. The van der Waals surface area contributed by atoms with E-state index < -0.39 is 59.1 Å². The molecule has 0 saturated heterocycles. The summed E-state index contributed by atoms with van der Waals surface area (Å²) >= 11 is 0. The van der Waals surface area contributed by atoms with Crippen LogP contribution in [0.3, 0.4) is 0 Å². The molecule has 0 spiro atoms. The number of carbonyl (C=O) groups is 1. The fraction of sp³-hybridized carbons (Fsp3) is 0.267. The molecule has 0 bridgehead atoms. The van der Waals surface area contributed by atoms with Crippen LogP contribution in [0.25, 0.3) is 0 Å². The van der Waals surface area contributed by atoms with Crippen LogP contribution in [0.2, 0.25) is 0 Å². The second-order valence-corrected chi connectivity index (χ2v) is 5.66. The molecule has 0 aliphatic carbocycles. The van der Waals surface area contributed by atoms with Gasteiger partial charge in [0.1, 0.15) is 24.2 Å². The summed E-state index contributed by atoms with van der Waals surface area (Å²) in [6.07, 6.45) is -1.30. The molecule has 0 amide bonds. The van der Waals surface area contributed by atoms with Gasteiger partial charge in [-0.05, 0) is 12.1 Å². The van der Waals surface area contributed by atoms with Crippen LogP contribution in [0.15, 0.2) is 28.6 Å². The highest BCUT2D eigenvalue weighted by molar-refractivity contribution is 7.61. The molecule has 0 radical (unpaired) electrons. The third-order valence-corrected chi connectivity index (χ3v) is 3.38. The molecule has 2 rings (SSSR count). The van der Waals surface area contributed by atoms with Crippen molar-refractivity contribution in [3.63, 3.8) is 0 Å². The number of hydrogen-bond acceptors (Lipinski definition) is 11. The molecule has 0 aliphatic heterocycles. The van der Waals surface area contributed by atoms with Gasteiger partial charge in [0.15, 0.2) is 0 Å². The quantitative estimate of drug-likeness (QED) is 0.518. The van der Waals surface area contributed by atoms with E-state index in [1.165, 1.54) is 19.2 Å². The number of carboxylic acids is 1. The zero-order chi connectivity index (χ0) is 20.7. The Labute approximate surface area is 159 Å². The SMILES string of the molecule is COc1cccc(Oc2c(N=S(=O)=O)nc(C(=O)O)nc2OCC(O)CO)c1. The van der Waals surface area contributed by atoms with Gasteiger partial charge in [-0.3, -0.25) is 0 Å². The van der Waals surface area contributed by atoms with Crippen molar-refractivity contribution in [1.29, 1.82) is 0 Å². The van der Waals surface area contributed by atoms with Crippen molar-refractivity contribution in [2.24, 2.45) is 4.36 Å². The third-order valence-electron chi connectivity index (χ3n) is 3.05. The summed E-state index contributed by atoms with van der Waals surface area (Å²) in [7, 11) is -1.57. The molecule has 0 fully saturated rings. The number of aromatic nitrogens is 2. The van der Waals surface area contributed by atoms with Crippen molar-refractivity contribution < 1.29 is 42.7 Å². The predicted octanol–water partition coefficient (Wildman–Crippen LogP) is 0.402. The molecule has 1 aromatic heterocycles. The van der Waals surface area contributed by atoms with Gasteiger partial charge >= 0.3 is 16.5 Å². The van der Waals surface area contributed by atoms with Gasteiger partial charge in [0, 0.05) is 6.07 Å². The average Bonchev–Trinajstić information content (AvgIpc) is 2.67. The summed E-state index contributed by atoms with van der Waals surface area (Å²) < 4.78 is 41.0. The predicted molar refractivity (Wildman–Crippen MR) is 91.7 cm³/mol. The first-order valence-corrected chi connectivity index (χ1v) is 8.57. The summed E-state index contributed by atoms with van der Waals surface area (Å²) in [5.74, 6) is -3.34. The Morgan fingerprint density at radius 3 is 2.61 bits per heavy atom. The van der Waals surface area contributed by atoms with Crippen LogP contribution in [0, 0.1) is 0 Å². The molecule has 1 atom stereocenters. The summed E-state index contributed by atoms with van der Waals surface area (Å²) in [5.41, 5.74) is 0. The number of benzene rings is 1. The fourth-order valence-electron chi connectivity index (χ4n) is 1.84. The van der Waals surface area contributed by atoms with Crippen LogP contribution in [-0.4, -0.2) is 66.1 Å². The van der Waals surface area contributed by atoms with Crippen LogP contribution >= 0.6 is 0 Å². The number of aromatic carboxylic acids is 1. The second-order valence-electron chi connectivity index (χ2n) is 5.05. The van der Waals surface area contributed by atoms with Gasteiger partial charge in [-0.2, -0.15) is 18.4 Å². The Morgan fingerprint density at radius 2 is 2.00 bits per heavy atom. The largest absolute Gasteiger partial charge is 0.497 e. The second kappa shape index (κ2) is 9.59. The van der Waals surface area contributed by atoms with Crippen LogP contribution in [0.5, 0.6) is 23.1 Å². The molecular formula is C15H15N3O9S. The van der Waals surface area contributed by atoms with Crippen molar-refractivity contribution in [3.8, 4) is 23.1 Å². The number of aliphatic hydroxyl groups excluding tert-OH is 2. The molecule has 0 saturated carbocycles. The Balaban J connectivity index is 2.59. The van der Waals surface area contributed by atoms with E-state index in [2.05, 4.69) is 14.3 Å². The lowest BCUT2D eigenvalue weighted by molar-refractivity contribution is 0.0508. The molecule has 3 N–H and O–H groups in total. The van der Waals surface area contributed by atoms with Crippen molar-refractivity contribution >= 4 is 22.3 Å². The molecule has 28 heavy (non-hydrogen) atoms. The lowest BCUT2D eigenvalue weighted by Gasteiger charge is -2.15. The Kier molecular flexibility index (Phi) is 7.20. The maximum Gasteiger partial charge on any atom is 0.374 e. The minimum absolute atomic E-state index is 0.159. The summed E-state index contributed by atoms with van der Waals surface area (Å²) in [4.78, 5) is 18.4. The van der Waals surface area contributed by atoms with E-state index in [1.807, 2.05) is 0 Å². The van der Waals surface area contributed by atoms with Gasteiger partial charge in [-0.1, -0.05) is 6.07 Å². The van der Waals surface area contributed by atoms with Crippen molar-refractivity contribution in [2.75, 3.05) is 20.3 Å². The van der Waals surface area contributed by atoms with Crippen LogP contribution in [-0.2, 0) is 10.5 Å². The Morgan fingerprint density at radius 1 is 1.29 bits per heavy atom. The van der Waals surface area contributed by atoms with E-state index in [4.69, 9.17) is 24.4 Å². The molecule has 0 aliphatic rings. The van der Waals surface area contributed by atoms with Crippen molar-refractivity contribution in [2.45, 2.75) is 6.10 Å². The van der Waals surface area contributed by atoms with E-state index in [0.29, 0.717) is 5.75 Å². The molecule has 150 valence electrons. The maximum atomic E-state index is 11.2. The van der Waals surface area contributed by atoms with E-state index in [9.17, 15) is 18.3 Å². The Bertz CT molecular complexity index is 986. The highest BCUT2D eigenvalue weighted by atomic mass is 32.2. The smallest absolute Gasteiger partial charge is 0.374 e. The zero-order valence-corrected chi connectivity index (χ0v) is 15.2. The van der Waals surface area contributed by atoms with Gasteiger partial charge in [0.05, 0.1) is 13.7 Å². The molecule has 1 heterocycles. The van der Waals surface area contributed by atoms with Gasteiger partial charge in [0.25, 0.3) is 5.88 Å². The van der Waals surface area contributed by atoms with Crippen molar-refractivity contribution in [3.05, 3.63) is 30.1 Å². The third kappa shape index (κ3) is 5.60. The minimum Gasteiger partial charge on any atom is -0.497 e. The highest BCUT2D eigenvalue weighted by Gasteiger charge is 2.23. The minimum atomic E-state index is -2.99. The molecular weight excluding hydrogens is 398 g/mol. The number of hydrogen-bond donors (Lipinski definition) is 3. The van der Waals surface area contributed by atoms with Gasteiger partial charge in [-0.25, -0.2) is 4.79 Å². The van der Waals surface area contributed by atoms with Crippen LogP contribution in [0.1, 0.15) is 10.6 Å². The average molecular weight is 413 g/mol. The lowest BCUT2D eigenvalue weighted by atomic mass is 10.3. The number of aliphatic hydroxyl groups is 2. The molecule has 12 nitrogen and oxygen atoms in total. The Hall–Kier alpha value is -3.29. The number of ether oxygens (including phenoxy) is 3. The van der Waals surface area contributed by atoms with Crippen LogP contribution in [0.4, 0.5) is 5.82 Å². The number of carboxylic acid groups (broad SMARTS) is 1. The van der Waals surface area contributed by atoms with Crippen LogP contribution < -0.4 is 14.2 Å². The highest BCUT2D eigenvalue weighted by Crippen LogP contribution is 2.38. The number of methoxy groups -OCH3 is 1. The van der Waals surface area contributed by atoms with Gasteiger partial charge in [-0.15, -0.1) is 4.36 Å². The molecule has 1 aromatic carbocycles. The molecule has 2 aromatic rings. The topological polar surface area (TPSA) is 178 Å². The van der Waals surface area contributed by atoms with E-state index in [0.717, 1.165) is 0 Å². The summed E-state index contributed by atoms with van der Waals surface area (Å²) in [5, 5.41) is 27.5. The fourth-order valence-corrected chi connectivity index (χ4v) is 2.11. The summed E-state index contributed by atoms with van der Waals surface area (Å²) in [6, 6.07) is 6.16. The lowest BCUT2D eigenvalue weighted by Crippen LogP contribution is -2.22. The first-order chi connectivity index (χ1) is 13.3. The van der Waals surface area contributed by atoms with E-state index in [-0.39, 0.29) is 5.75 Å². The normalized spacial score (nSPS) is 11.4. The number of nitrogens with zero attached hydrogens (tertiary/aromatic N) is 3. The first-order valence-electron chi connectivity index (χ1n) is 7.54. The van der Waals surface area contributed by atoms with Crippen molar-refractivity contribution in [1.82, 2.24) is 9.97 Å². The first kappa shape index (κ1) is 21.0. The van der Waals surface area contributed by atoms with Gasteiger partial charge in [0.2, 0.25) is 17.4 Å². The maximum absolute atomic E-state index is 11.2. The van der Waals surface area contributed by atoms with E-state index >= 15 is 0 Å². The molecule has 1 unspecified atom stereocenters. The zero-order valence-electron chi connectivity index (χ0n) is 14.3. The monoisotopic (exact) mass is 413 g/mol. The summed E-state index contributed by atoms with van der Waals surface area (Å²) in [6.45, 7) is -1.12. The standard InChI is InChI=1S/C15H15N3O9S/c1-25-9-3-2-4-10(5-9)27-11-12(18-28(23)24)16-13(15(21)22)17-14(11)26-7-8(20)6-19/h2-5,8,19-20H,6-7H2,1H3,(H,21,22). The van der Waals surface area contributed by atoms with Gasteiger partial charge < -0.3 is 29.5 Å². The van der Waals surface area contributed by atoms with E-state index in [1.54, 1.807) is 12.1 Å².